The number of hydrogen-bond donors (Lipinski definition) is 0. The zero-order valence-electron chi connectivity index (χ0n) is 20.4. The molecule has 5 nitrogen and oxygen atoms in total. The molecule has 4 rings (SSSR count). The molecule has 1 aromatic heterocycles. The van der Waals surface area contributed by atoms with E-state index in [-0.39, 0.29) is 5.91 Å². The van der Waals surface area contributed by atoms with Crippen LogP contribution >= 0.6 is 24.0 Å². The number of nitrogens with zero attached hydrogens (tertiary/aromatic N) is 3. The van der Waals surface area contributed by atoms with Crippen molar-refractivity contribution in [1.29, 1.82) is 0 Å². The molecule has 0 aliphatic carbocycles. The Morgan fingerprint density at radius 1 is 1.14 bits per heavy atom. The quantitative estimate of drug-likeness (QED) is 0.220. The molecule has 1 aliphatic rings. The second-order valence-electron chi connectivity index (χ2n) is 8.65. The molecule has 182 valence electrons. The van der Waals surface area contributed by atoms with Gasteiger partial charge in [0.25, 0.3) is 5.91 Å². The lowest BCUT2D eigenvalue weighted by molar-refractivity contribution is -0.122. The van der Waals surface area contributed by atoms with E-state index in [1.165, 1.54) is 18.2 Å². The summed E-state index contributed by atoms with van der Waals surface area (Å²) in [6.07, 6.45) is 8.38. The van der Waals surface area contributed by atoms with Gasteiger partial charge in [0.05, 0.1) is 17.7 Å². The number of thioether (sulfide) groups is 1. The van der Waals surface area contributed by atoms with Crippen molar-refractivity contribution in [3.63, 3.8) is 0 Å². The summed E-state index contributed by atoms with van der Waals surface area (Å²) in [6.45, 7) is 5.07. The molecule has 0 N–H and O–H groups in total. The number of thiocarbonyl (C=S) groups is 1. The van der Waals surface area contributed by atoms with Crippen LogP contribution in [0.4, 0.5) is 0 Å². The van der Waals surface area contributed by atoms with Crippen LogP contribution in [0.15, 0.2) is 65.7 Å². The molecule has 1 atom stereocenters. The van der Waals surface area contributed by atoms with Gasteiger partial charge in [-0.15, -0.1) is 0 Å². The van der Waals surface area contributed by atoms with Crippen LogP contribution in [0, 0.1) is 5.92 Å². The number of carbonyl (C=O) groups is 1. The van der Waals surface area contributed by atoms with Crippen molar-refractivity contribution >= 4 is 40.3 Å². The normalized spacial score (nSPS) is 15.7. The van der Waals surface area contributed by atoms with Crippen LogP contribution in [-0.2, 0) is 4.79 Å². The first-order valence-corrected chi connectivity index (χ1v) is 13.3. The minimum Gasteiger partial charge on any atom is -0.497 e. The fourth-order valence-corrected chi connectivity index (χ4v) is 5.44. The monoisotopic (exact) mass is 505 g/mol. The van der Waals surface area contributed by atoms with Crippen LogP contribution in [0.5, 0.6) is 5.75 Å². The fourth-order valence-electron chi connectivity index (χ4n) is 4.17. The standard InChI is InChI=1S/C28H31N3O2S2/c1-4-6-11-20(5-2)18-30-27(32)25(35-28(30)34)17-22-19-31(23-13-8-7-9-14-23)29-26(22)21-12-10-15-24(16-21)33-3/h7-10,12-17,19-20H,4-6,11,18H2,1-3H3/b25-17-/t20-/m0/s1. The zero-order chi connectivity index (χ0) is 24.8. The van der Waals surface area contributed by atoms with Crippen molar-refractivity contribution in [3.05, 3.63) is 71.3 Å². The topological polar surface area (TPSA) is 47.4 Å². The smallest absolute Gasteiger partial charge is 0.266 e. The summed E-state index contributed by atoms with van der Waals surface area (Å²) >= 11 is 7.00. The van der Waals surface area contributed by atoms with Crippen molar-refractivity contribution in [2.24, 2.45) is 5.92 Å². The molecule has 0 bridgehead atoms. The summed E-state index contributed by atoms with van der Waals surface area (Å²) in [4.78, 5) is 15.8. The minimum absolute atomic E-state index is 0.0148. The van der Waals surface area contributed by atoms with Crippen molar-refractivity contribution in [3.8, 4) is 22.7 Å². The Labute approximate surface area is 217 Å². The van der Waals surface area contributed by atoms with Gasteiger partial charge in [0.15, 0.2) is 0 Å². The summed E-state index contributed by atoms with van der Waals surface area (Å²) in [5, 5.41) is 4.88. The van der Waals surface area contributed by atoms with Crippen molar-refractivity contribution in [2.75, 3.05) is 13.7 Å². The number of amides is 1. The Bertz CT molecular complexity index is 1220. The molecular formula is C28H31N3O2S2. The van der Waals surface area contributed by atoms with Crippen LogP contribution in [0.1, 0.15) is 45.1 Å². The Kier molecular flexibility index (Phi) is 8.42. The molecule has 0 saturated carbocycles. The van der Waals surface area contributed by atoms with Gasteiger partial charge in [-0.25, -0.2) is 4.68 Å². The first kappa shape index (κ1) is 25.2. The predicted octanol–water partition coefficient (Wildman–Crippen LogP) is 6.97. The van der Waals surface area contributed by atoms with E-state index in [2.05, 4.69) is 13.8 Å². The van der Waals surface area contributed by atoms with E-state index < -0.39 is 0 Å². The lowest BCUT2D eigenvalue weighted by Crippen LogP contribution is -2.33. The van der Waals surface area contributed by atoms with Crippen molar-refractivity contribution in [1.82, 2.24) is 14.7 Å². The van der Waals surface area contributed by atoms with Gasteiger partial charge in [-0.05, 0) is 42.7 Å². The fraction of sp³-hybridized carbons (Fsp3) is 0.321. The van der Waals surface area contributed by atoms with E-state index in [0.717, 1.165) is 47.5 Å². The number of aromatic nitrogens is 2. The second-order valence-corrected chi connectivity index (χ2v) is 10.3. The van der Waals surface area contributed by atoms with Gasteiger partial charge in [-0.1, -0.05) is 87.4 Å². The largest absolute Gasteiger partial charge is 0.497 e. The highest BCUT2D eigenvalue weighted by atomic mass is 32.2. The van der Waals surface area contributed by atoms with Gasteiger partial charge in [-0.2, -0.15) is 5.10 Å². The maximum Gasteiger partial charge on any atom is 0.266 e. The number of ether oxygens (including phenoxy) is 1. The number of benzene rings is 2. The number of hydrogen-bond acceptors (Lipinski definition) is 5. The molecule has 2 aromatic carbocycles. The van der Waals surface area contributed by atoms with Gasteiger partial charge in [0.2, 0.25) is 0 Å². The number of carbonyl (C=O) groups excluding carboxylic acids is 1. The van der Waals surface area contributed by atoms with Gasteiger partial charge >= 0.3 is 0 Å². The van der Waals surface area contributed by atoms with E-state index in [9.17, 15) is 4.79 Å². The molecule has 2 heterocycles. The third kappa shape index (κ3) is 5.85. The van der Waals surface area contributed by atoms with E-state index in [1.54, 1.807) is 12.0 Å². The maximum atomic E-state index is 13.4. The Morgan fingerprint density at radius 2 is 1.94 bits per heavy atom. The van der Waals surface area contributed by atoms with Crippen LogP contribution in [0.2, 0.25) is 0 Å². The maximum absolute atomic E-state index is 13.4. The molecule has 1 amide bonds. The van der Waals surface area contributed by atoms with Crippen LogP contribution in [0.3, 0.4) is 0 Å². The molecule has 1 saturated heterocycles. The van der Waals surface area contributed by atoms with Gasteiger partial charge in [0, 0.05) is 23.9 Å². The molecule has 1 aliphatic heterocycles. The number of methoxy groups -OCH3 is 1. The lowest BCUT2D eigenvalue weighted by Gasteiger charge is -2.21. The van der Waals surface area contributed by atoms with E-state index in [0.29, 0.717) is 21.7 Å². The summed E-state index contributed by atoms with van der Waals surface area (Å²) in [6, 6.07) is 17.8. The van der Waals surface area contributed by atoms with Crippen molar-refractivity contribution < 1.29 is 9.53 Å². The summed E-state index contributed by atoms with van der Waals surface area (Å²) in [7, 11) is 1.65. The molecule has 0 spiro atoms. The van der Waals surface area contributed by atoms with Crippen LogP contribution in [0.25, 0.3) is 23.0 Å². The minimum atomic E-state index is -0.0148. The summed E-state index contributed by atoms with van der Waals surface area (Å²) in [5.41, 5.74) is 3.52. The lowest BCUT2D eigenvalue weighted by atomic mass is 9.99. The first-order valence-electron chi connectivity index (χ1n) is 12.1. The van der Waals surface area contributed by atoms with E-state index >= 15 is 0 Å². The van der Waals surface area contributed by atoms with E-state index in [1.807, 2.05) is 71.6 Å². The zero-order valence-corrected chi connectivity index (χ0v) is 22.1. The van der Waals surface area contributed by atoms with Gasteiger partial charge in [-0.3, -0.25) is 9.69 Å². The average molecular weight is 506 g/mol. The first-order chi connectivity index (χ1) is 17.0. The molecule has 0 unspecified atom stereocenters. The molecule has 7 heteroatoms. The molecule has 3 aromatic rings. The Morgan fingerprint density at radius 3 is 2.66 bits per heavy atom. The van der Waals surface area contributed by atoms with Gasteiger partial charge < -0.3 is 4.74 Å². The SMILES string of the molecule is CCCC[C@H](CC)CN1C(=O)/C(=C/c2cn(-c3ccccc3)nc2-c2cccc(OC)c2)SC1=S. The molecule has 35 heavy (non-hydrogen) atoms. The number of unbranched alkanes of at least 4 members (excludes halogenated alkanes) is 1. The highest BCUT2D eigenvalue weighted by Crippen LogP contribution is 2.36. The summed E-state index contributed by atoms with van der Waals surface area (Å²) in [5.74, 6) is 1.20. The molecule has 0 radical (unpaired) electrons. The molecular weight excluding hydrogens is 474 g/mol. The summed E-state index contributed by atoms with van der Waals surface area (Å²) < 4.78 is 7.91. The van der Waals surface area contributed by atoms with Crippen LogP contribution in [-0.4, -0.2) is 38.6 Å². The Balaban J connectivity index is 1.69. The van der Waals surface area contributed by atoms with Gasteiger partial charge in [0.1, 0.15) is 15.8 Å². The predicted molar refractivity (Wildman–Crippen MR) is 149 cm³/mol. The Hall–Kier alpha value is -2.90. The number of rotatable bonds is 10. The third-order valence-electron chi connectivity index (χ3n) is 6.25. The number of para-hydroxylation sites is 1. The average Bonchev–Trinajstić information content (AvgIpc) is 3.43. The van der Waals surface area contributed by atoms with E-state index in [4.69, 9.17) is 22.1 Å². The molecule has 1 fully saturated rings. The second kappa shape index (κ2) is 11.7. The third-order valence-corrected chi connectivity index (χ3v) is 7.63. The van der Waals surface area contributed by atoms with Crippen molar-refractivity contribution in [2.45, 2.75) is 39.5 Å². The highest BCUT2D eigenvalue weighted by Gasteiger charge is 2.33. The van der Waals surface area contributed by atoms with Crippen LogP contribution < -0.4 is 4.74 Å². The highest BCUT2D eigenvalue weighted by molar-refractivity contribution is 8.26.